The fourth-order valence-corrected chi connectivity index (χ4v) is 1.10. The Bertz CT molecular complexity index is 144. The molecule has 14 heavy (non-hydrogen) atoms. The molecule has 0 fully saturated rings. The number of aliphatic carboxylic acids is 1. The predicted octanol–water partition coefficient (Wildman–Crippen LogP) is -1.26. The molecule has 0 N–H and O–H groups in total. The normalized spacial score (nSPS) is 9.93. The number of halogens is 1. The molecule has 0 aromatic carbocycles. The van der Waals surface area contributed by atoms with E-state index in [-0.39, 0.29) is 59.7 Å². The summed E-state index contributed by atoms with van der Waals surface area (Å²) in [6.45, 7) is 6.60. The van der Waals surface area contributed by atoms with Crippen molar-refractivity contribution >= 4 is 5.97 Å². The first-order valence-electron chi connectivity index (χ1n) is 4.62. The van der Waals surface area contributed by atoms with Gasteiger partial charge in [-0.05, 0) is 24.7 Å². The number of hydrogen-bond donors (Lipinski definition) is 0. The molecule has 0 atom stereocenters. The zero-order chi connectivity index (χ0) is 9.61. The van der Waals surface area contributed by atoms with Crippen LogP contribution in [0.4, 0.5) is 0 Å². The van der Waals surface area contributed by atoms with Crippen LogP contribution in [-0.4, -0.2) is 5.97 Å². The summed E-state index contributed by atoms with van der Waals surface area (Å²) in [7, 11) is 0. The third-order valence-electron chi connectivity index (χ3n) is 1.81. The molecule has 82 valence electrons. The second kappa shape index (κ2) is 10.6. The van der Waals surface area contributed by atoms with Gasteiger partial charge in [-0.1, -0.05) is 33.6 Å². The van der Waals surface area contributed by atoms with Crippen LogP contribution in [0, 0.1) is 46.3 Å². The van der Waals surface area contributed by atoms with E-state index in [1.807, 2.05) is 0 Å². The van der Waals surface area contributed by atoms with Crippen molar-refractivity contribution in [1.29, 1.82) is 0 Å². The van der Waals surface area contributed by atoms with Gasteiger partial charge in [0.05, 0.1) is 0 Å². The molecule has 0 saturated carbocycles. The van der Waals surface area contributed by atoms with Crippen molar-refractivity contribution in [2.24, 2.45) is 5.41 Å². The summed E-state index contributed by atoms with van der Waals surface area (Å²) in [5.41, 5.74) is 0.376. The van der Waals surface area contributed by atoms with Crippen molar-refractivity contribution in [3.63, 3.8) is 0 Å². The van der Waals surface area contributed by atoms with E-state index < -0.39 is 5.97 Å². The SMILES string of the molecule is CC(C)(C)CCCCCC(=O)[O-].[Cl-].[Nd+2]. The zero-order valence-corrected chi connectivity index (χ0v) is 13.2. The number of carboxylic acids is 1. The monoisotopic (exact) mass is 348 g/mol. The van der Waals surface area contributed by atoms with E-state index in [1.54, 1.807) is 0 Å². The summed E-state index contributed by atoms with van der Waals surface area (Å²) in [6, 6.07) is 0. The van der Waals surface area contributed by atoms with E-state index in [9.17, 15) is 9.90 Å². The number of carbonyl (C=O) groups excluding carboxylic acids is 1. The molecule has 0 bridgehead atoms. The van der Waals surface area contributed by atoms with Crippen molar-refractivity contribution in [1.82, 2.24) is 0 Å². The Kier molecular flexibility index (Phi) is 15.6. The summed E-state index contributed by atoms with van der Waals surface area (Å²) in [5, 5.41) is 10.0. The van der Waals surface area contributed by atoms with Crippen LogP contribution in [0.25, 0.3) is 0 Å². The molecular weight excluding hydrogens is 332 g/mol. The molecule has 0 rings (SSSR count). The van der Waals surface area contributed by atoms with Crippen molar-refractivity contribution in [2.75, 3.05) is 0 Å². The molecule has 0 aliphatic carbocycles. The van der Waals surface area contributed by atoms with Crippen LogP contribution in [0.15, 0.2) is 0 Å². The molecule has 0 aliphatic rings. The Hall–Kier alpha value is 1.11. The third-order valence-corrected chi connectivity index (χ3v) is 1.81. The quantitative estimate of drug-likeness (QED) is 0.581. The molecule has 0 unspecified atom stereocenters. The fourth-order valence-electron chi connectivity index (χ4n) is 1.10. The Balaban J connectivity index is -0.000000605. The van der Waals surface area contributed by atoms with E-state index in [0.29, 0.717) is 5.41 Å². The third kappa shape index (κ3) is 18.8. The summed E-state index contributed by atoms with van der Waals surface area (Å²) in [6.07, 6.45) is 4.27. The predicted molar refractivity (Wildman–Crippen MR) is 47.5 cm³/mol. The van der Waals surface area contributed by atoms with E-state index >= 15 is 0 Å². The Labute approximate surface area is 126 Å². The molecule has 0 amide bonds. The number of rotatable bonds is 5. The van der Waals surface area contributed by atoms with Gasteiger partial charge in [-0.25, -0.2) is 0 Å². The number of hydrogen-bond acceptors (Lipinski definition) is 2. The van der Waals surface area contributed by atoms with Crippen LogP contribution in [0.1, 0.15) is 52.9 Å². The van der Waals surface area contributed by atoms with E-state index in [0.717, 1.165) is 19.3 Å². The number of carboxylic acid groups (broad SMARTS) is 1. The summed E-state index contributed by atoms with van der Waals surface area (Å²) in [4.78, 5) is 10.0. The second-order valence-electron chi connectivity index (χ2n) is 4.49. The average molecular weight is 351 g/mol. The van der Waals surface area contributed by atoms with Crippen molar-refractivity contribution in [3.05, 3.63) is 0 Å². The largest absolute Gasteiger partial charge is 2.00 e. The van der Waals surface area contributed by atoms with Crippen LogP contribution in [0.2, 0.25) is 0 Å². The van der Waals surface area contributed by atoms with Gasteiger partial charge in [-0.2, -0.15) is 0 Å². The number of unbranched alkanes of at least 4 members (excludes halogenated alkanes) is 2. The maximum atomic E-state index is 10.0. The summed E-state index contributed by atoms with van der Waals surface area (Å²) < 4.78 is 0. The number of carbonyl (C=O) groups is 1. The maximum Gasteiger partial charge on any atom is 2.00 e. The second-order valence-corrected chi connectivity index (χ2v) is 4.49. The van der Waals surface area contributed by atoms with E-state index in [2.05, 4.69) is 20.8 Å². The van der Waals surface area contributed by atoms with Gasteiger partial charge in [0, 0.05) is 5.97 Å². The first kappa shape index (κ1) is 20.5. The van der Waals surface area contributed by atoms with Gasteiger partial charge in [0.25, 0.3) is 0 Å². The van der Waals surface area contributed by atoms with Gasteiger partial charge >= 0.3 is 40.8 Å². The Morgan fingerprint density at radius 2 is 1.64 bits per heavy atom. The van der Waals surface area contributed by atoms with Gasteiger partial charge in [0.15, 0.2) is 0 Å². The fraction of sp³-hybridized carbons (Fsp3) is 0.900. The molecular formula is C10H19ClNdO2. The smallest absolute Gasteiger partial charge is 1.00 e. The topological polar surface area (TPSA) is 40.1 Å². The minimum atomic E-state index is -0.925. The molecule has 2 nitrogen and oxygen atoms in total. The minimum Gasteiger partial charge on any atom is -1.00 e. The van der Waals surface area contributed by atoms with Gasteiger partial charge in [-0.15, -0.1) is 0 Å². The van der Waals surface area contributed by atoms with Crippen LogP contribution in [0.5, 0.6) is 0 Å². The molecule has 0 radical (unpaired) electrons. The molecule has 0 aliphatic heterocycles. The maximum absolute atomic E-state index is 10.0. The van der Waals surface area contributed by atoms with Crippen LogP contribution in [0.3, 0.4) is 0 Å². The van der Waals surface area contributed by atoms with Crippen molar-refractivity contribution in [2.45, 2.75) is 52.9 Å². The van der Waals surface area contributed by atoms with Gasteiger partial charge in [-0.3, -0.25) is 0 Å². The standard InChI is InChI=1S/C10H20O2.ClH.Nd/c1-10(2,3)8-6-4-5-7-9(11)12;;/h4-8H2,1-3H3,(H,11,12);1H;/q;;+2/p-2. The first-order chi connectivity index (χ1) is 5.42. The Morgan fingerprint density at radius 3 is 2.00 bits per heavy atom. The molecule has 0 aromatic rings. The van der Waals surface area contributed by atoms with E-state index in [1.165, 1.54) is 6.42 Å². The Morgan fingerprint density at radius 1 is 1.14 bits per heavy atom. The minimum absolute atomic E-state index is 0. The molecule has 0 aromatic heterocycles. The van der Waals surface area contributed by atoms with Crippen molar-refractivity contribution < 1.29 is 63.1 Å². The van der Waals surface area contributed by atoms with Gasteiger partial charge in [0.2, 0.25) is 0 Å². The van der Waals surface area contributed by atoms with Gasteiger partial charge in [0.1, 0.15) is 0 Å². The van der Waals surface area contributed by atoms with Crippen LogP contribution < -0.4 is 17.5 Å². The molecule has 0 saturated heterocycles. The van der Waals surface area contributed by atoms with Crippen LogP contribution >= 0.6 is 0 Å². The molecule has 0 spiro atoms. The van der Waals surface area contributed by atoms with Crippen molar-refractivity contribution in [3.8, 4) is 0 Å². The summed E-state index contributed by atoms with van der Waals surface area (Å²) in [5.74, 6) is -0.925. The first-order valence-corrected chi connectivity index (χ1v) is 4.62. The zero-order valence-electron chi connectivity index (χ0n) is 9.23. The molecule has 0 heterocycles. The molecule has 4 heteroatoms. The average Bonchev–Trinajstić information content (AvgIpc) is 1.83. The van der Waals surface area contributed by atoms with Gasteiger partial charge < -0.3 is 22.3 Å². The van der Waals surface area contributed by atoms with Crippen LogP contribution in [-0.2, 0) is 4.79 Å². The van der Waals surface area contributed by atoms with E-state index in [4.69, 9.17) is 0 Å². The summed E-state index contributed by atoms with van der Waals surface area (Å²) >= 11 is 0.